The maximum absolute atomic E-state index is 10.3. The van der Waals surface area contributed by atoms with E-state index in [0.29, 0.717) is 6.42 Å². The van der Waals surface area contributed by atoms with Crippen molar-refractivity contribution in [3.05, 3.63) is 0 Å². The van der Waals surface area contributed by atoms with Gasteiger partial charge in [0.25, 0.3) is 0 Å². The first-order chi connectivity index (χ1) is 6.02. The van der Waals surface area contributed by atoms with E-state index >= 15 is 0 Å². The van der Waals surface area contributed by atoms with Crippen molar-refractivity contribution < 1.29 is 19.0 Å². The van der Waals surface area contributed by atoms with Crippen LogP contribution in [0.2, 0.25) is 0 Å². The van der Waals surface area contributed by atoms with Crippen molar-refractivity contribution in [2.24, 2.45) is 11.8 Å². The fourth-order valence-corrected chi connectivity index (χ4v) is 2.11. The van der Waals surface area contributed by atoms with Gasteiger partial charge in [-0.3, -0.25) is 4.55 Å². The van der Waals surface area contributed by atoms with Gasteiger partial charge in [-0.15, -0.1) is 0 Å². The Balaban J connectivity index is 2.40. The highest BCUT2D eigenvalue weighted by Crippen LogP contribution is 2.30. The second-order valence-electron chi connectivity index (χ2n) is 3.55. The number of rotatable bonds is 3. The van der Waals surface area contributed by atoms with Crippen LogP contribution in [0.5, 0.6) is 0 Å². The number of aliphatic hydroxyl groups is 2. The first-order valence-corrected chi connectivity index (χ1v) is 5.33. The molecule has 1 rings (SSSR count). The quantitative estimate of drug-likeness (QED) is 0.453. The average Bonchev–Trinajstić information content (AvgIpc) is 2.29. The Labute approximate surface area is 79.6 Å². The summed E-state index contributed by atoms with van der Waals surface area (Å²) < 4.78 is 21.0. The Morgan fingerprint density at radius 2 is 2.08 bits per heavy atom. The molecule has 78 valence electrons. The number of hydrogen-bond donors (Lipinski definition) is 4. The molecule has 0 radical (unpaired) electrons. The summed E-state index contributed by atoms with van der Waals surface area (Å²) in [5.74, 6) is -0.0879. The predicted molar refractivity (Wildman–Crippen MR) is 48.1 cm³/mol. The summed E-state index contributed by atoms with van der Waals surface area (Å²) >= 11 is -2.04. The second kappa shape index (κ2) is 4.47. The molecule has 13 heavy (non-hydrogen) atoms. The summed E-state index contributed by atoms with van der Waals surface area (Å²) in [6.07, 6.45) is -0.822. The highest BCUT2D eigenvalue weighted by atomic mass is 32.2. The lowest BCUT2D eigenvalue weighted by atomic mass is 10.1. The SMILES string of the molecule is C[C@@H]1C[C@H](CNS(=O)O)[C@@H](O)[C@H]1O. The minimum Gasteiger partial charge on any atom is -0.390 e. The van der Waals surface area contributed by atoms with Gasteiger partial charge in [-0.05, 0) is 12.3 Å². The topological polar surface area (TPSA) is 89.8 Å². The molecular weight excluding hydrogens is 194 g/mol. The van der Waals surface area contributed by atoms with Crippen molar-refractivity contribution in [1.82, 2.24) is 4.72 Å². The van der Waals surface area contributed by atoms with Crippen LogP contribution in [0, 0.1) is 11.8 Å². The van der Waals surface area contributed by atoms with E-state index < -0.39 is 23.5 Å². The van der Waals surface area contributed by atoms with Crippen molar-refractivity contribution in [2.75, 3.05) is 6.54 Å². The minimum absolute atomic E-state index is 0.0499. The van der Waals surface area contributed by atoms with Gasteiger partial charge in [0.2, 0.25) is 11.3 Å². The van der Waals surface area contributed by atoms with E-state index in [-0.39, 0.29) is 18.4 Å². The number of hydrogen-bond acceptors (Lipinski definition) is 3. The van der Waals surface area contributed by atoms with E-state index in [1.807, 2.05) is 6.92 Å². The summed E-state index contributed by atoms with van der Waals surface area (Å²) in [5, 5.41) is 18.9. The first kappa shape index (κ1) is 11.1. The standard InChI is InChI=1S/C7H15NO4S/c1-4-2-5(3-8-13(11)12)7(10)6(4)9/h4-10H,2-3H2,1H3,(H,11,12)/t4-,5-,6+,7-/m1/s1. The highest BCUT2D eigenvalue weighted by Gasteiger charge is 2.38. The van der Waals surface area contributed by atoms with Crippen LogP contribution in [0.3, 0.4) is 0 Å². The van der Waals surface area contributed by atoms with Crippen molar-refractivity contribution in [2.45, 2.75) is 25.6 Å². The lowest BCUT2D eigenvalue weighted by Crippen LogP contribution is -2.33. The van der Waals surface area contributed by atoms with Crippen molar-refractivity contribution >= 4 is 11.3 Å². The molecule has 0 bridgehead atoms. The highest BCUT2D eigenvalue weighted by molar-refractivity contribution is 7.77. The predicted octanol–water partition coefficient (Wildman–Crippen LogP) is -0.909. The Bertz CT molecular complexity index is 201. The lowest BCUT2D eigenvalue weighted by molar-refractivity contribution is 0.00775. The zero-order valence-electron chi connectivity index (χ0n) is 7.38. The molecule has 4 N–H and O–H groups in total. The Morgan fingerprint density at radius 1 is 1.46 bits per heavy atom. The fourth-order valence-electron chi connectivity index (χ4n) is 1.75. The molecule has 1 unspecified atom stereocenters. The molecule has 1 fully saturated rings. The van der Waals surface area contributed by atoms with Gasteiger partial charge in [0, 0.05) is 12.5 Å². The van der Waals surface area contributed by atoms with Gasteiger partial charge >= 0.3 is 0 Å². The molecule has 0 amide bonds. The van der Waals surface area contributed by atoms with Gasteiger partial charge in [-0.2, -0.15) is 0 Å². The maximum atomic E-state index is 10.3. The molecule has 0 aromatic carbocycles. The van der Waals surface area contributed by atoms with Crippen molar-refractivity contribution in [3.63, 3.8) is 0 Å². The lowest BCUT2D eigenvalue weighted by Gasteiger charge is -2.15. The fraction of sp³-hybridized carbons (Fsp3) is 1.00. The molecule has 1 aliphatic rings. The molecule has 1 aliphatic carbocycles. The van der Waals surface area contributed by atoms with Crippen LogP contribution < -0.4 is 4.72 Å². The average molecular weight is 209 g/mol. The molecule has 5 nitrogen and oxygen atoms in total. The third kappa shape index (κ3) is 2.72. The van der Waals surface area contributed by atoms with Gasteiger partial charge in [0.1, 0.15) is 0 Å². The zero-order valence-corrected chi connectivity index (χ0v) is 8.20. The van der Waals surface area contributed by atoms with Gasteiger partial charge in [-0.25, -0.2) is 8.93 Å². The van der Waals surface area contributed by atoms with E-state index in [4.69, 9.17) is 4.55 Å². The minimum atomic E-state index is -2.04. The maximum Gasteiger partial charge on any atom is 0.231 e. The van der Waals surface area contributed by atoms with Crippen LogP contribution in [0.1, 0.15) is 13.3 Å². The van der Waals surface area contributed by atoms with Crippen molar-refractivity contribution in [1.29, 1.82) is 0 Å². The molecule has 0 heterocycles. The van der Waals surface area contributed by atoms with Crippen LogP contribution in [0.15, 0.2) is 0 Å². The molecule has 0 aliphatic heterocycles. The zero-order chi connectivity index (χ0) is 10.0. The summed E-state index contributed by atoms with van der Waals surface area (Å²) in [7, 11) is 0. The van der Waals surface area contributed by atoms with Crippen LogP contribution in [0.4, 0.5) is 0 Å². The normalized spacial score (nSPS) is 42.2. The summed E-state index contributed by atoms with van der Waals surface area (Å²) in [5.41, 5.74) is 0. The van der Waals surface area contributed by atoms with Gasteiger partial charge in [0.15, 0.2) is 0 Å². The largest absolute Gasteiger partial charge is 0.390 e. The van der Waals surface area contributed by atoms with E-state index in [0.717, 1.165) is 0 Å². The molecule has 1 saturated carbocycles. The summed E-state index contributed by atoms with van der Waals surface area (Å²) in [6.45, 7) is 2.11. The Morgan fingerprint density at radius 3 is 2.46 bits per heavy atom. The molecule has 5 atom stereocenters. The van der Waals surface area contributed by atoms with Crippen LogP contribution in [-0.2, 0) is 11.3 Å². The summed E-state index contributed by atoms with van der Waals surface area (Å²) in [4.78, 5) is 0. The molecule has 0 aromatic rings. The first-order valence-electron chi connectivity index (χ1n) is 4.23. The number of nitrogens with one attached hydrogen (secondary N) is 1. The van der Waals surface area contributed by atoms with Crippen LogP contribution in [-0.4, -0.2) is 37.7 Å². The molecule has 0 aromatic heterocycles. The van der Waals surface area contributed by atoms with E-state index in [9.17, 15) is 14.4 Å². The van der Waals surface area contributed by atoms with E-state index in [2.05, 4.69) is 4.72 Å². The van der Waals surface area contributed by atoms with Gasteiger partial charge < -0.3 is 10.2 Å². The third-order valence-corrected chi connectivity index (χ3v) is 2.97. The Kier molecular flexibility index (Phi) is 3.81. The monoisotopic (exact) mass is 209 g/mol. The number of aliphatic hydroxyl groups excluding tert-OH is 2. The molecular formula is C7H15NO4S. The summed E-state index contributed by atoms with van der Waals surface area (Å²) in [6, 6.07) is 0. The third-order valence-electron chi connectivity index (χ3n) is 2.56. The van der Waals surface area contributed by atoms with E-state index in [1.165, 1.54) is 0 Å². The molecule has 0 spiro atoms. The molecule has 0 saturated heterocycles. The van der Waals surface area contributed by atoms with E-state index in [1.54, 1.807) is 0 Å². The smallest absolute Gasteiger partial charge is 0.231 e. The second-order valence-corrected chi connectivity index (χ2v) is 4.34. The van der Waals surface area contributed by atoms with Gasteiger partial charge in [0.05, 0.1) is 12.2 Å². The van der Waals surface area contributed by atoms with Gasteiger partial charge in [-0.1, -0.05) is 6.92 Å². The van der Waals surface area contributed by atoms with Crippen molar-refractivity contribution in [3.8, 4) is 0 Å². The van der Waals surface area contributed by atoms with Crippen LogP contribution >= 0.6 is 0 Å². The van der Waals surface area contributed by atoms with Crippen LogP contribution in [0.25, 0.3) is 0 Å². The molecule has 6 heteroatoms. The Hall–Kier alpha value is -0.0100.